The lowest BCUT2D eigenvalue weighted by atomic mass is 9.95. The molecule has 0 spiro atoms. The van der Waals surface area contributed by atoms with Crippen LogP contribution in [-0.2, 0) is 6.54 Å². The number of ether oxygens (including phenoxy) is 1. The van der Waals surface area contributed by atoms with E-state index in [9.17, 15) is 0 Å². The predicted molar refractivity (Wildman–Crippen MR) is 83.7 cm³/mol. The van der Waals surface area contributed by atoms with Gasteiger partial charge in [0.25, 0.3) is 0 Å². The van der Waals surface area contributed by atoms with Crippen molar-refractivity contribution in [1.82, 2.24) is 4.90 Å². The molecule has 0 saturated carbocycles. The van der Waals surface area contributed by atoms with Crippen molar-refractivity contribution in [2.45, 2.75) is 26.8 Å². The fourth-order valence-corrected chi connectivity index (χ4v) is 2.91. The Morgan fingerprint density at radius 2 is 2.29 bits per heavy atom. The van der Waals surface area contributed by atoms with E-state index >= 15 is 0 Å². The zero-order chi connectivity index (χ0) is 15.4. The van der Waals surface area contributed by atoms with Gasteiger partial charge in [0.2, 0.25) is 0 Å². The molecule has 1 aliphatic heterocycles. The maximum absolute atomic E-state index is 8.81. The normalized spacial score (nSPS) is 20.2. The molecule has 1 saturated heterocycles. The number of hydrogen-bond donors (Lipinski definition) is 2. The van der Waals surface area contributed by atoms with E-state index in [1.807, 2.05) is 12.1 Å². The second kappa shape index (κ2) is 6.80. The summed E-state index contributed by atoms with van der Waals surface area (Å²) < 4.78 is 5.43. The Balaban J connectivity index is 2.15. The van der Waals surface area contributed by atoms with Gasteiger partial charge in [0.15, 0.2) is 5.84 Å². The topological polar surface area (TPSA) is 71.1 Å². The molecule has 1 aromatic carbocycles. The summed E-state index contributed by atoms with van der Waals surface area (Å²) >= 11 is 0. The third-order valence-corrected chi connectivity index (χ3v) is 4.33. The van der Waals surface area contributed by atoms with Crippen LogP contribution in [0.5, 0.6) is 5.75 Å². The van der Waals surface area contributed by atoms with Gasteiger partial charge in [-0.1, -0.05) is 19.0 Å². The van der Waals surface area contributed by atoms with Gasteiger partial charge in [0.05, 0.1) is 7.11 Å². The van der Waals surface area contributed by atoms with Crippen LogP contribution in [0.25, 0.3) is 0 Å². The summed E-state index contributed by atoms with van der Waals surface area (Å²) in [4.78, 5) is 2.44. The molecule has 0 aromatic heterocycles. The van der Waals surface area contributed by atoms with Crippen LogP contribution in [-0.4, -0.2) is 36.1 Å². The summed E-state index contributed by atoms with van der Waals surface area (Å²) in [5.41, 5.74) is 7.46. The summed E-state index contributed by atoms with van der Waals surface area (Å²) in [6, 6.07) is 5.62. The first-order valence-electron chi connectivity index (χ1n) is 7.42. The van der Waals surface area contributed by atoms with Crippen LogP contribution in [0.3, 0.4) is 0 Å². The largest absolute Gasteiger partial charge is 0.496 e. The SMILES string of the molecule is COc1ccc(/C(N)=N/O)cc1CN1CCC(C(C)C)C1. The van der Waals surface area contributed by atoms with E-state index in [-0.39, 0.29) is 5.84 Å². The lowest BCUT2D eigenvalue weighted by Gasteiger charge is -2.19. The van der Waals surface area contributed by atoms with Gasteiger partial charge >= 0.3 is 0 Å². The van der Waals surface area contributed by atoms with E-state index in [1.165, 1.54) is 6.42 Å². The minimum Gasteiger partial charge on any atom is -0.496 e. The molecule has 1 aliphatic rings. The zero-order valence-corrected chi connectivity index (χ0v) is 13.0. The lowest BCUT2D eigenvalue weighted by Crippen LogP contribution is -2.22. The Bertz CT molecular complexity index is 514. The molecule has 5 nitrogen and oxygen atoms in total. The Hall–Kier alpha value is -1.75. The first kappa shape index (κ1) is 15.6. The summed E-state index contributed by atoms with van der Waals surface area (Å²) in [7, 11) is 1.67. The van der Waals surface area contributed by atoms with Gasteiger partial charge in [-0.25, -0.2) is 0 Å². The van der Waals surface area contributed by atoms with Gasteiger partial charge in [-0.3, -0.25) is 4.90 Å². The lowest BCUT2D eigenvalue weighted by molar-refractivity contribution is 0.291. The third-order valence-electron chi connectivity index (χ3n) is 4.33. The minimum atomic E-state index is 0.125. The third kappa shape index (κ3) is 3.67. The quantitative estimate of drug-likeness (QED) is 0.378. The second-order valence-corrected chi connectivity index (χ2v) is 6.04. The number of nitrogens with two attached hydrogens (primary N) is 1. The van der Waals surface area contributed by atoms with Crippen LogP contribution in [0.1, 0.15) is 31.4 Å². The highest BCUT2D eigenvalue weighted by Gasteiger charge is 2.25. The molecule has 0 bridgehead atoms. The average molecular weight is 291 g/mol. The van der Waals surface area contributed by atoms with Crippen molar-refractivity contribution in [1.29, 1.82) is 0 Å². The monoisotopic (exact) mass is 291 g/mol. The van der Waals surface area contributed by atoms with E-state index in [2.05, 4.69) is 23.9 Å². The van der Waals surface area contributed by atoms with E-state index in [0.717, 1.165) is 42.8 Å². The van der Waals surface area contributed by atoms with Crippen molar-refractivity contribution < 1.29 is 9.94 Å². The van der Waals surface area contributed by atoms with E-state index in [0.29, 0.717) is 5.56 Å². The molecular formula is C16H25N3O2. The molecule has 1 atom stereocenters. The van der Waals surface area contributed by atoms with Crippen molar-refractivity contribution in [3.8, 4) is 5.75 Å². The van der Waals surface area contributed by atoms with Crippen molar-refractivity contribution in [2.75, 3.05) is 20.2 Å². The summed E-state index contributed by atoms with van der Waals surface area (Å²) in [6.45, 7) is 7.63. The first-order chi connectivity index (χ1) is 10.0. The number of nitrogens with zero attached hydrogens (tertiary/aromatic N) is 2. The van der Waals surface area contributed by atoms with Crippen LogP contribution in [0.4, 0.5) is 0 Å². The number of benzene rings is 1. The molecule has 5 heteroatoms. The van der Waals surface area contributed by atoms with Gasteiger partial charge < -0.3 is 15.7 Å². The number of likely N-dealkylation sites (tertiary alicyclic amines) is 1. The van der Waals surface area contributed by atoms with Gasteiger partial charge in [0, 0.05) is 24.2 Å². The number of amidine groups is 1. The van der Waals surface area contributed by atoms with Crippen molar-refractivity contribution in [3.63, 3.8) is 0 Å². The van der Waals surface area contributed by atoms with E-state index in [1.54, 1.807) is 13.2 Å². The smallest absolute Gasteiger partial charge is 0.170 e. The van der Waals surface area contributed by atoms with E-state index < -0.39 is 0 Å². The Morgan fingerprint density at radius 1 is 1.52 bits per heavy atom. The number of oxime groups is 1. The number of methoxy groups -OCH3 is 1. The molecular weight excluding hydrogens is 266 g/mol. The molecule has 0 amide bonds. The van der Waals surface area contributed by atoms with Crippen molar-refractivity contribution in [2.24, 2.45) is 22.7 Å². The van der Waals surface area contributed by atoms with Crippen LogP contribution < -0.4 is 10.5 Å². The molecule has 1 unspecified atom stereocenters. The van der Waals surface area contributed by atoms with Gasteiger partial charge in [-0.15, -0.1) is 0 Å². The van der Waals surface area contributed by atoms with Gasteiger partial charge in [-0.05, 0) is 43.0 Å². The number of rotatable bonds is 5. The zero-order valence-electron chi connectivity index (χ0n) is 13.0. The minimum absolute atomic E-state index is 0.125. The predicted octanol–water partition coefficient (Wildman–Crippen LogP) is 2.27. The molecule has 21 heavy (non-hydrogen) atoms. The highest BCUT2D eigenvalue weighted by atomic mass is 16.5. The number of hydrogen-bond acceptors (Lipinski definition) is 4. The molecule has 1 aromatic rings. The molecule has 3 N–H and O–H groups in total. The maximum Gasteiger partial charge on any atom is 0.170 e. The summed E-state index contributed by atoms with van der Waals surface area (Å²) in [6.07, 6.45) is 1.25. The van der Waals surface area contributed by atoms with E-state index in [4.69, 9.17) is 15.7 Å². The highest BCUT2D eigenvalue weighted by Crippen LogP contribution is 2.28. The molecule has 0 aliphatic carbocycles. The summed E-state index contributed by atoms with van der Waals surface area (Å²) in [5.74, 6) is 2.46. The average Bonchev–Trinajstić information content (AvgIpc) is 2.95. The molecule has 116 valence electrons. The molecule has 2 rings (SSSR count). The van der Waals surface area contributed by atoms with Crippen LogP contribution in [0.15, 0.2) is 23.4 Å². The standard InChI is InChI=1S/C16H25N3O2/c1-11(2)13-6-7-19(9-13)10-14-8-12(16(17)18-20)4-5-15(14)21-3/h4-5,8,11,13,20H,6-7,9-10H2,1-3H3,(H2,17,18). The molecule has 0 radical (unpaired) electrons. The van der Waals surface area contributed by atoms with Crippen molar-refractivity contribution in [3.05, 3.63) is 29.3 Å². The Morgan fingerprint density at radius 3 is 2.86 bits per heavy atom. The fraction of sp³-hybridized carbons (Fsp3) is 0.562. The summed E-state index contributed by atoms with van der Waals surface area (Å²) in [5, 5.41) is 11.9. The first-order valence-corrected chi connectivity index (χ1v) is 7.42. The highest BCUT2D eigenvalue weighted by molar-refractivity contribution is 5.97. The van der Waals surface area contributed by atoms with Gasteiger partial charge in [-0.2, -0.15) is 0 Å². The Labute approximate surface area is 126 Å². The van der Waals surface area contributed by atoms with Crippen LogP contribution in [0.2, 0.25) is 0 Å². The van der Waals surface area contributed by atoms with Gasteiger partial charge in [0.1, 0.15) is 5.75 Å². The molecule has 1 heterocycles. The maximum atomic E-state index is 8.81. The van der Waals surface area contributed by atoms with Crippen LogP contribution >= 0.6 is 0 Å². The molecule has 1 fully saturated rings. The fourth-order valence-electron chi connectivity index (χ4n) is 2.91. The van der Waals surface area contributed by atoms with Crippen LogP contribution in [0, 0.1) is 11.8 Å². The Kier molecular flexibility index (Phi) is 5.07. The van der Waals surface area contributed by atoms with Crippen molar-refractivity contribution >= 4 is 5.84 Å². The second-order valence-electron chi connectivity index (χ2n) is 6.04.